The zero-order chi connectivity index (χ0) is 8.39. The highest BCUT2D eigenvalue weighted by atomic mass is 127. The molecule has 62 valence electrons. The lowest BCUT2D eigenvalue weighted by atomic mass is 10.1. The van der Waals surface area contributed by atoms with Crippen LogP contribution in [0.25, 0.3) is 11.0 Å². The van der Waals surface area contributed by atoms with Crippen molar-refractivity contribution in [3.8, 4) is 0 Å². The maximum Gasteiger partial charge on any atom is 0.134 e. The van der Waals surface area contributed by atoms with E-state index in [0.717, 1.165) is 16.4 Å². The first-order chi connectivity index (χ1) is 5.92. The highest BCUT2D eigenvalue weighted by Gasteiger charge is 2.02. The number of para-hydroxylation sites is 1. The van der Waals surface area contributed by atoms with Gasteiger partial charge in [-0.1, -0.05) is 40.8 Å². The van der Waals surface area contributed by atoms with Crippen LogP contribution in [0.1, 0.15) is 5.56 Å². The average molecular weight is 272 g/mol. The zero-order valence-electron chi connectivity index (χ0n) is 6.59. The molecule has 0 saturated heterocycles. The molecular formula is C10H9IO. The molecule has 1 heterocycles. The standard InChI is InChI=1S/C10H9IO/c11-6-5-8-7-12-10-4-2-1-3-9(8)10/h1-4,7H,5-6H2. The van der Waals surface area contributed by atoms with E-state index in [2.05, 4.69) is 34.7 Å². The van der Waals surface area contributed by atoms with Gasteiger partial charge in [0.15, 0.2) is 0 Å². The van der Waals surface area contributed by atoms with Crippen molar-refractivity contribution in [1.29, 1.82) is 0 Å². The van der Waals surface area contributed by atoms with Gasteiger partial charge in [-0.3, -0.25) is 0 Å². The summed E-state index contributed by atoms with van der Waals surface area (Å²) in [5, 5.41) is 1.26. The third kappa shape index (κ3) is 1.35. The Labute approximate surface area is 84.9 Å². The molecule has 0 unspecified atom stereocenters. The lowest BCUT2D eigenvalue weighted by Crippen LogP contribution is -1.81. The van der Waals surface area contributed by atoms with Crippen LogP contribution in [-0.4, -0.2) is 4.43 Å². The molecule has 2 heteroatoms. The summed E-state index contributed by atoms with van der Waals surface area (Å²) in [5.41, 5.74) is 2.32. The Bertz CT molecular complexity index is 378. The molecule has 0 aliphatic carbocycles. The van der Waals surface area contributed by atoms with Crippen LogP contribution in [0.5, 0.6) is 0 Å². The minimum absolute atomic E-state index is 0.998. The van der Waals surface area contributed by atoms with Crippen molar-refractivity contribution in [1.82, 2.24) is 0 Å². The van der Waals surface area contributed by atoms with Gasteiger partial charge in [-0.2, -0.15) is 0 Å². The first-order valence-corrected chi connectivity index (χ1v) is 5.45. The van der Waals surface area contributed by atoms with Crippen LogP contribution in [-0.2, 0) is 6.42 Å². The first kappa shape index (κ1) is 8.10. The third-order valence-electron chi connectivity index (χ3n) is 1.92. The van der Waals surface area contributed by atoms with E-state index in [1.165, 1.54) is 10.9 Å². The summed E-state index contributed by atoms with van der Waals surface area (Å²) in [6.45, 7) is 0. The molecule has 1 aromatic heterocycles. The van der Waals surface area contributed by atoms with Crippen molar-refractivity contribution in [2.75, 3.05) is 4.43 Å². The van der Waals surface area contributed by atoms with E-state index in [0.29, 0.717) is 0 Å². The van der Waals surface area contributed by atoms with Gasteiger partial charge in [-0.15, -0.1) is 0 Å². The van der Waals surface area contributed by atoms with Gasteiger partial charge >= 0.3 is 0 Å². The monoisotopic (exact) mass is 272 g/mol. The fraction of sp³-hybridized carbons (Fsp3) is 0.200. The smallest absolute Gasteiger partial charge is 0.134 e. The average Bonchev–Trinajstić information content (AvgIpc) is 2.50. The van der Waals surface area contributed by atoms with Crippen molar-refractivity contribution in [3.63, 3.8) is 0 Å². The lowest BCUT2D eigenvalue weighted by molar-refractivity contribution is 0.611. The van der Waals surface area contributed by atoms with Gasteiger partial charge in [0.2, 0.25) is 0 Å². The van der Waals surface area contributed by atoms with Gasteiger partial charge in [-0.05, 0) is 18.1 Å². The lowest BCUT2D eigenvalue weighted by Gasteiger charge is -1.91. The van der Waals surface area contributed by atoms with Crippen molar-refractivity contribution < 1.29 is 4.42 Å². The van der Waals surface area contributed by atoms with E-state index in [1.54, 1.807) is 0 Å². The number of halogens is 1. The minimum Gasteiger partial charge on any atom is -0.464 e. The number of rotatable bonds is 2. The molecule has 0 spiro atoms. The number of furan rings is 1. The summed E-state index contributed by atoms with van der Waals surface area (Å²) in [6, 6.07) is 8.17. The van der Waals surface area contributed by atoms with Gasteiger partial charge < -0.3 is 4.42 Å². The Morgan fingerprint density at radius 1 is 1.25 bits per heavy atom. The second-order valence-electron chi connectivity index (χ2n) is 2.70. The van der Waals surface area contributed by atoms with Crippen molar-refractivity contribution in [2.24, 2.45) is 0 Å². The maximum atomic E-state index is 5.40. The molecule has 1 nitrogen and oxygen atoms in total. The quantitative estimate of drug-likeness (QED) is 0.603. The van der Waals surface area contributed by atoms with Gasteiger partial charge in [0, 0.05) is 9.81 Å². The molecule has 2 aromatic rings. The fourth-order valence-corrected chi connectivity index (χ4v) is 1.91. The summed E-state index contributed by atoms with van der Waals surface area (Å²) in [4.78, 5) is 0. The van der Waals surface area contributed by atoms with Crippen LogP contribution in [0.2, 0.25) is 0 Å². The molecule has 0 bridgehead atoms. The van der Waals surface area contributed by atoms with Gasteiger partial charge in [-0.25, -0.2) is 0 Å². The van der Waals surface area contributed by atoms with E-state index in [1.807, 2.05) is 18.4 Å². The number of hydrogen-bond donors (Lipinski definition) is 0. The van der Waals surface area contributed by atoms with Crippen LogP contribution in [0.15, 0.2) is 34.9 Å². The van der Waals surface area contributed by atoms with Crippen LogP contribution in [0.3, 0.4) is 0 Å². The Balaban J connectivity index is 2.55. The minimum atomic E-state index is 0.998. The Morgan fingerprint density at radius 3 is 2.92 bits per heavy atom. The summed E-state index contributed by atoms with van der Waals surface area (Å²) >= 11 is 2.38. The van der Waals surface area contributed by atoms with Crippen LogP contribution >= 0.6 is 22.6 Å². The van der Waals surface area contributed by atoms with E-state index >= 15 is 0 Å². The van der Waals surface area contributed by atoms with E-state index in [-0.39, 0.29) is 0 Å². The van der Waals surface area contributed by atoms with Gasteiger partial charge in [0.05, 0.1) is 6.26 Å². The normalized spacial score (nSPS) is 10.8. The highest BCUT2D eigenvalue weighted by Crippen LogP contribution is 2.21. The first-order valence-electron chi connectivity index (χ1n) is 3.93. The SMILES string of the molecule is ICCc1coc2ccccc12. The second-order valence-corrected chi connectivity index (χ2v) is 3.77. The van der Waals surface area contributed by atoms with Crippen molar-refractivity contribution in [3.05, 3.63) is 36.1 Å². The molecule has 1 aromatic carbocycles. The second kappa shape index (κ2) is 3.47. The molecule has 2 rings (SSSR count). The summed E-state index contributed by atoms with van der Waals surface area (Å²) in [7, 11) is 0. The molecule has 0 radical (unpaired) electrons. The van der Waals surface area contributed by atoms with Crippen molar-refractivity contribution in [2.45, 2.75) is 6.42 Å². The largest absolute Gasteiger partial charge is 0.464 e. The molecule has 0 fully saturated rings. The predicted octanol–water partition coefficient (Wildman–Crippen LogP) is 3.41. The van der Waals surface area contributed by atoms with Crippen LogP contribution in [0, 0.1) is 0 Å². The molecular weight excluding hydrogens is 263 g/mol. The van der Waals surface area contributed by atoms with E-state index < -0.39 is 0 Å². The Morgan fingerprint density at radius 2 is 2.08 bits per heavy atom. The van der Waals surface area contributed by atoms with Gasteiger partial charge in [0.25, 0.3) is 0 Å². The molecule has 0 aliphatic rings. The summed E-state index contributed by atoms with van der Waals surface area (Å²) in [6.07, 6.45) is 2.96. The Kier molecular flexibility index (Phi) is 2.35. The fourth-order valence-electron chi connectivity index (χ4n) is 1.33. The molecule has 0 atom stereocenters. The molecule has 0 aliphatic heterocycles. The van der Waals surface area contributed by atoms with E-state index in [9.17, 15) is 0 Å². The maximum absolute atomic E-state index is 5.40. The molecule has 12 heavy (non-hydrogen) atoms. The van der Waals surface area contributed by atoms with Gasteiger partial charge in [0.1, 0.15) is 5.58 Å². The number of hydrogen-bond acceptors (Lipinski definition) is 1. The predicted molar refractivity (Wildman–Crippen MR) is 58.8 cm³/mol. The van der Waals surface area contributed by atoms with E-state index in [4.69, 9.17) is 4.42 Å². The van der Waals surface area contributed by atoms with Crippen LogP contribution in [0.4, 0.5) is 0 Å². The summed E-state index contributed by atoms with van der Waals surface area (Å²) < 4.78 is 6.54. The topological polar surface area (TPSA) is 13.1 Å². The molecule has 0 N–H and O–H groups in total. The van der Waals surface area contributed by atoms with Crippen molar-refractivity contribution >= 4 is 33.6 Å². The van der Waals surface area contributed by atoms with Crippen LogP contribution < -0.4 is 0 Å². The number of alkyl halides is 1. The third-order valence-corrected chi connectivity index (χ3v) is 2.46. The number of aryl methyl sites for hydroxylation is 1. The molecule has 0 saturated carbocycles. The molecule has 0 amide bonds. The summed E-state index contributed by atoms with van der Waals surface area (Å²) in [5.74, 6) is 0. The Hall–Kier alpha value is -0.510. The number of benzene rings is 1. The number of fused-ring (bicyclic) bond motifs is 1. The zero-order valence-corrected chi connectivity index (χ0v) is 8.74. The highest BCUT2D eigenvalue weighted by molar-refractivity contribution is 14.1.